The van der Waals surface area contributed by atoms with Gasteiger partial charge in [0.05, 0.1) is 20.9 Å². The number of thioether (sulfide) groups is 1. The van der Waals surface area contributed by atoms with Gasteiger partial charge in [0.25, 0.3) is 5.69 Å². The van der Waals surface area contributed by atoms with Gasteiger partial charge in [-0.15, -0.1) is 11.3 Å². The predicted molar refractivity (Wildman–Crippen MR) is 89.4 cm³/mol. The lowest BCUT2D eigenvalue weighted by molar-refractivity contribution is -0.384. The van der Waals surface area contributed by atoms with Crippen molar-refractivity contribution in [2.24, 2.45) is 5.92 Å². The molecule has 1 amide bonds. The van der Waals surface area contributed by atoms with Crippen molar-refractivity contribution in [1.29, 1.82) is 0 Å². The van der Waals surface area contributed by atoms with E-state index >= 15 is 0 Å². The minimum atomic E-state index is -0.424. The quantitative estimate of drug-likeness (QED) is 0.495. The van der Waals surface area contributed by atoms with Crippen molar-refractivity contribution in [3.05, 3.63) is 28.3 Å². The molecule has 0 saturated carbocycles. The number of nitrogens with zero attached hydrogens (tertiary/aromatic N) is 2. The lowest BCUT2D eigenvalue weighted by atomic mass is 10.1. The van der Waals surface area contributed by atoms with Gasteiger partial charge in [0.2, 0.25) is 5.91 Å². The van der Waals surface area contributed by atoms with Crippen molar-refractivity contribution in [1.82, 2.24) is 10.3 Å². The summed E-state index contributed by atoms with van der Waals surface area (Å²) < 4.78 is 1.50. The maximum Gasteiger partial charge on any atom is 0.270 e. The number of aromatic nitrogens is 1. The third-order valence-corrected chi connectivity index (χ3v) is 5.44. The molecule has 0 unspecified atom stereocenters. The molecule has 0 bridgehead atoms. The van der Waals surface area contributed by atoms with Crippen LogP contribution in [0.5, 0.6) is 0 Å². The molecule has 22 heavy (non-hydrogen) atoms. The second kappa shape index (κ2) is 7.06. The number of benzene rings is 1. The molecule has 2 aromatic rings. The minimum Gasteiger partial charge on any atom is -0.353 e. The van der Waals surface area contributed by atoms with Gasteiger partial charge in [0.15, 0.2) is 4.34 Å². The molecular weight excluding hydrogens is 322 g/mol. The van der Waals surface area contributed by atoms with Crippen molar-refractivity contribution in [3.8, 4) is 0 Å². The zero-order chi connectivity index (χ0) is 16.3. The monoisotopic (exact) mass is 339 g/mol. The fourth-order valence-electron chi connectivity index (χ4n) is 1.66. The topological polar surface area (TPSA) is 85.1 Å². The Morgan fingerprint density at radius 3 is 2.82 bits per heavy atom. The number of nitro groups is 1. The average molecular weight is 339 g/mol. The number of amides is 1. The molecule has 6 nitrogen and oxygen atoms in total. The minimum absolute atomic E-state index is 0.0311. The Balaban J connectivity index is 2.00. The number of thiazole rings is 1. The second-order valence-electron chi connectivity index (χ2n) is 5.28. The van der Waals surface area contributed by atoms with E-state index < -0.39 is 4.92 Å². The molecule has 2 rings (SSSR count). The standard InChI is InChI=1S/C14H17N3O3S2/c1-8(2)9(3)15-13(18)7-21-14-16-11-5-4-10(17(19)20)6-12(11)22-14/h4-6,8-9H,7H2,1-3H3,(H,15,18)/t9-/m0/s1. The van der Waals surface area contributed by atoms with E-state index in [1.165, 1.54) is 35.2 Å². The van der Waals surface area contributed by atoms with Crippen LogP contribution in [0.4, 0.5) is 5.69 Å². The van der Waals surface area contributed by atoms with Gasteiger partial charge in [-0.1, -0.05) is 25.6 Å². The molecule has 118 valence electrons. The Hall–Kier alpha value is -1.67. The molecule has 0 aliphatic rings. The molecule has 0 fully saturated rings. The number of carbonyl (C=O) groups is 1. The number of hydrogen-bond acceptors (Lipinski definition) is 6. The molecule has 0 aliphatic heterocycles. The van der Waals surface area contributed by atoms with Crippen LogP contribution in [0.1, 0.15) is 20.8 Å². The summed E-state index contributed by atoms with van der Waals surface area (Å²) in [7, 11) is 0. The summed E-state index contributed by atoms with van der Waals surface area (Å²) in [5.41, 5.74) is 0.769. The Morgan fingerprint density at radius 1 is 1.45 bits per heavy atom. The SMILES string of the molecule is CC(C)[C@H](C)NC(=O)CSc1nc2ccc([N+](=O)[O-])cc2s1. The lowest BCUT2D eigenvalue weighted by Crippen LogP contribution is -2.37. The first-order valence-electron chi connectivity index (χ1n) is 6.84. The van der Waals surface area contributed by atoms with Gasteiger partial charge in [-0.3, -0.25) is 14.9 Å². The largest absolute Gasteiger partial charge is 0.353 e. The maximum absolute atomic E-state index is 11.8. The van der Waals surface area contributed by atoms with Crippen LogP contribution in [0, 0.1) is 16.0 Å². The first kappa shape index (κ1) is 16.7. The van der Waals surface area contributed by atoms with Crippen molar-refractivity contribution < 1.29 is 9.72 Å². The van der Waals surface area contributed by atoms with Gasteiger partial charge in [-0.05, 0) is 18.9 Å². The fourth-order valence-corrected chi connectivity index (χ4v) is 3.57. The van der Waals surface area contributed by atoms with Gasteiger partial charge in [0, 0.05) is 18.2 Å². The molecule has 0 spiro atoms. The lowest BCUT2D eigenvalue weighted by Gasteiger charge is -2.16. The van der Waals surface area contributed by atoms with E-state index in [0.717, 1.165) is 9.04 Å². The number of nitrogens with one attached hydrogen (secondary N) is 1. The summed E-state index contributed by atoms with van der Waals surface area (Å²) in [6.07, 6.45) is 0. The third-order valence-electron chi connectivity index (χ3n) is 3.28. The molecule has 1 N–H and O–H groups in total. The molecule has 0 saturated heterocycles. The van der Waals surface area contributed by atoms with Crippen LogP contribution >= 0.6 is 23.1 Å². The maximum atomic E-state index is 11.8. The number of fused-ring (bicyclic) bond motifs is 1. The van der Waals surface area contributed by atoms with E-state index in [9.17, 15) is 14.9 Å². The molecule has 1 aromatic heterocycles. The van der Waals surface area contributed by atoms with E-state index in [1.807, 2.05) is 6.92 Å². The van der Waals surface area contributed by atoms with Gasteiger partial charge < -0.3 is 5.32 Å². The number of nitro benzene ring substituents is 1. The predicted octanol–water partition coefficient (Wildman–Crippen LogP) is 3.46. The Labute approximate surface area is 136 Å². The summed E-state index contributed by atoms with van der Waals surface area (Å²) in [6, 6.07) is 4.71. The zero-order valence-electron chi connectivity index (χ0n) is 12.5. The second-order valence-corrected chi connectivity index (χ2v) is 7.53. The summed E-state index contributed by atoms with van der Waals surface area (Å²) >= 11 is 2.71. The summed E-state index contributed by atoms with van der Waals surface area (Å²) in [4.78, 5) is 26.6. The van der Waals surface area contributed by atoms with E-state index in [-0.39, 0.29) is 17.6 Å². The van der Waals surface area contributed by atoms with Crippen molar-refractivity contribution in [2.75, 3.05) is 5.75 Å². The van der Waals surface area contributed by atoms with Crippen LogP contribution in [-0.2, 0) is 4.79 Å². The first-order chi connectivity index (χ1) is 10.4. The first-order valence-corrected chi connectivity index (χ1v) is 8.64. The number of hydrogen-bond donors (Lipinski definition) is 1. The van der Waals surface area contributed by atoms with Crippen LogP contribution in [0.15, 0.2) is 22.5 Å². The highest BCUT2D eigenvalue weighted by Gasteiger charge is 2.14. The van der Waals surface area contributed by atoms with Crippen molar-refractivity contribution in [3.63, 3.8) is 0 Å². The number of carbonyl (C=O) groups excluding carboxylic acids is 1. The fraction of sp³-hybridized carbons (Fsp3) is 0.429. The van der Waals surface area contributed by atoms with Crippen LogP contribution in [0.3, 0.4) is 0 Å². The smallest absolute Gasteiger partial charge is 0.270 e. The van der Waals surface area contributed by atoms with Crippen LogP contribution in [0.2, 0.25) is 0 Å². The molecule has 0 aliphatic carbocycles. The average Bonchev–Trinajstić information content (AvgIpc) is 2.86. The third kappa shape index (κ3) is 4.17. The highest BCUT2D eigenvalue weighted by molar-refractivity contribution is 8.01. The Bertz CT molecular complexity index is 700. The van der Waals surface area contributed by atoms with Crippen molar-refractivity contribution >= 4 is 44.9 Å². The molecule has 8 heteroatoms. The van der Waals surface area contributed by atoms with E-state index in [1.54, 1.807) is 6.07 Å². The highest BCUT2D eigenvalue weighted by atomic mass is 32.2. The zero-order valence-corrected chi connectivity index (χ0v) is 14.2. The molecule has 1 heterocycles. The normalized spacial score (nSPS) is 12.5. The molecule has 1 atom stereocenters. The molecule has 1 aromatic carbocycles. The Morgan fingerprint density at radius 2 is 2.18 bits per heavy atom. The van der Waals surface area contributed by atoms with Crippen LogP contribution < -0.4 is 5.32 Å². The number of rotatable bonds is 6. The van der Waals surface area contributed by atoms with Crippen LogP contribution in [-0.4, -0.2) is 27.6 Å². The van der Waals surface area contributed by atoms with E-state index in [4.69, 9.17) is 0 Å². The summed E-state index contributed by atoms with van der Waals surface area (Å²) in [5, 5.41) is 13.7. The van der Waals surface area contributed by atoms with Gasteiger partial charge in [0.1, 0.15) is 0 Å². The van der Waals surface area contributed by atoms with Crippen LogP contribution in [0.25, 0.3) is 10.2 Å². The molecule has 0 radical (unpaired) electrons. The summed E-state index contributed by atoms with van der Waals surface area (Å²) in [6.45, 7) is 6.08. The highest BCUT2D eigenvalue weighted by Crippen LogP contribution is 2.31. The molecular formula is C14H17N3O3S2. The van der Waals surface area contributed by atoms with Gasteiger partial charge in [-0.2, -0.15) is 0 Å². The summed E-state index contributed by atoms with van der Waals surface area (Å²) in [5.74, 6) is 0.646. The Kier molecular flexibility index (Phi) is 5.36. The van der Waals surface area contributed by atoms with Crippen molar-refractivity contribution in [2.45, 2.75) is 31.2 Å². The van der Waals surface area contributed by atoms with Gasteiger partial charge >= 0.3 is 0 Å². The van der Waals surface area contributed by atoms with E-state index in [0.29, 0.717) is 17.2 Å². The number of non-ortho nitro benzene ring substituents is 1. The van der Waals surface area contributed by atoms with Gasteiger partial charge in [-0.25, -0.2) is 4.98 Å². The van der Waals surface area contributed by atoms with E-state index in [2.05, 4.69) is 24.1 Å².